The molecule has 3 rings (SSSR count). The zero-order chi connectivity index (χ0) is 19.4. The van der Waals surface area contributed by atoms with Crippen molar-refractivity contribution in [2.24, 2.45) is 0 Å². The maximum absolute atomic E-state index is 13.7. The van der Waals surface area contributed by atoms with Crippen LogP contribution in [0.15, 0.2) is 53.6 Å². The van der Waals surface area contributed by atoms with Crippen LogP contribution < -0.4 is 5.32 Å². The van der Waals surface area contributed by atoms with Gasteiger partial charge in [-0.25, -0.2) is 18.7 Å². The van der Waals surface area contributed by atoms with Gasteiger partial charge in [-0.3, -0.25) is 4.79 Å². The van der Waals surface area contributed by atoms with E-state index in [9.17, 15) is 13.6 Å². The largest absolute Gasteiger partial charge is 0.323 e. The topological polar surface area (TPSA) is 54.9 Å². The summed E-state index contributed by atoms with van der Waals surface area (Å²) in [5, 5.41) is 3.30. The number of anilines is 1. The molecule has 0 spiro atoms. The number of rotatable bonds is 5. The van der Waals surface area contributed by atoms with Crippen molar-refractivity contribution < 1.29 is 13.6 Å². The van der Waals surface area contributed by atoms with E-state index in [-0.39, 0.29) is 28.2 Å². The zero-order valence-electron chi connectivity index (χ0n) is 14.2. The smallest absolute Gasteiger partial charge is 0.234 e. The number of thioether (sulfide) groups is 1. The molecule has 1 amide bonds. The second-order valence-corrected chi connectivity index (χ2v) is 7.07. The highest BCUT2D eigenvalue weighted by molar-refractivity contribution is 7.99. The van der Waals surface area contributed by atoms with Gasteiger partial charge in [0.15, 0.2) is 5.82 Å². The number of hydrogen-bond donors (Lipinski definition) is 1. The lowest BCUT2D eigenvalue weighted by Gasteiger charge is -2.08. The van der Waals surface area contributed by atoms with E-state index in [2.05, 4.69) is 15.3 Å². The van der Waals surface area contributed by atoms with Gasteiger partial charge in [-0.15, -0.1) is 0 Å². The van der Waals surface area contributed by atoms with Crippen molar-refractivity contribution in [1.82, 2.24) is 9.97 Å². The molecule has 0 atom stereocenters. The predicted molar refractivity (Wildman–Crippen MR) is 103 cm³/mol. The van der Waals surface area contributed by atoms with E-state index in [0.717, 1.165) is 6.07 Å². The van der Waals surface area contributed by atoms with Gasteiger partial charge >= 0.3 is 0 Å². The summed E-state index contributed by atoms with van der Waals surface area (Å²) in [5.41, 5.74) is 1.30. The van der Waals surface area contributed by atoms with Gasteiger partial charge in [0.25, 0.3) is 0 Å². The van der Waals surface area contributed by atoms with E-state index < -0.39 is 5.82 Å². The van der Waals surface area contributed by atoms with Gasteiger partial charge in [0.1, 0.15) is 16.7 Å². The maximum atomic E-state index is 13.7. The van der Waals surface area contributed by atoms with Crippen LogP contribution in [0, 0.1) is 18.6 Å². The first-order chi connectivity index (χ1) is 12.9. The molecule has 0 saturated carbocycles. The highest BCUT2D eigenvalue weighted by Gasteiger charge is 2.11. The summed E-state index contributed by atoms with van der Waals surface area (Å²) in [5.74, 6) is -0.963. The Labute approximate surface area is 164 Å². The number of carbonyl (C=O) groups is 1. The molecule has 1 aromatic heterocycles. The molecule has 2 aromatic carbocycles. The van der Waals surface area contributed by atoms with E-state index in [1.54, 1.807) is 25.1 Å². The number of amides is 1. The fourth-order valence-electron chi connectivity index (χ4n) is 2.29. The number of nitrogens with one attached hydrogen (secondary N) is 1. The average molecular weight is 406 g/mol. The Morgan fingerprint density at radius 1 is 1.15 bits per heavy atom. The minimum Gasteiger partial charge on any atom is -0.323 e. The minimum absolute atomic E-state index is 0.0289. The van der Waals surface area contributed by atoms with Crippen LogP contribution in [0.2, 0.25) is 5.02 Å². The lowest BCUT2D eigenvalue weighted by atomic mass is 10.2. The molecule has 1 N–H and O–H groups in total. The molecule has 0 radical (unpaired) electrons. The summed E-state index contributed by atoms with van der Waals surface area (Å²) in [6, 6.07) is 11.7. The van der Waals surface area contributed by atoms with E-state index >= 15 is 0 Å². The number of nitrogens with zero attached hydrogens (tertiary/aromatic N) is 2. The SMILES string of the molecule is Cc1cc(SCC(=O)Nc2ccc(Cl)cc2F)nc(-c2cccc(F)c2)n1. The average Bonchev–Trinajstić information content (AvgIpc) is 2.62. The molecule has 4 nitrogen and oxygen atoms in total. The van der Waals surface area contributed by atoms with Crippen LogP contribution >= 0.6 is 23.4 Å². The molecule has 0 unspecified atom stereocenters. The van der Waals surface area contributed by atoms with Crippen LogP contribution in [0.4, 0.5) is 14.5 Å². The van der Waals surface area contributed by atoms with Gasteiger partial charge in [0.2, 0.25) is 5.91 Å². The molecule has 0 aliphatic rings. The predicted octanol–water partition coefficient (Wildman–Crippen LogP) is 5.11. The Hall–Kier alpha value is -2.51. The molecule has 8 heteroatoms. The number of benzene rings is 2. The molecule has 138 valence electrons. The normalized spacial score (nSPS) is 10.7. The summed E-state index contributed by atoms with van der Waals surface area (Å²) >= 11 is 6.87. The lowest BCUT2D eigenvalue weighted by Crippen LogP contribution is -2.15. The van der Waals surface area contributed by atoms with E-state index in [1.807, 2.05) is 0 Å². The van der Waals surface area contributed by atoms with Crippen molar-refractivity contribution in [3.8, 4) is 11.4 Å². The summed E-state index contributed by atoms with van der Waals surface area (Å²) in [6.45, 7) is 1.79. The molecule has 27 heavy (non-hydrogen) atoms. The van der Waals surface area contributed by atoms with E-state index in [1.165, 1.54) is 36.0 Å². The molecule has 1 heterocycles. The molecular formula is C19H14ClF2N3OS. The molecular weight excluding hydrogens is 392 g/mol. The van der Waals surface area contributed by atoms with Gasteiger partial charge < -0.3 is 5.32 Å². The van der Waals surface area contributed by atoms with Gasteiger partial charge in [-0.05, 0) is 43.3 Å². The number of hydrogen-bond acceptors (Lipinski definition) is 4. The lowest BCUT2D eigenvalue weighted by molar-refractivity contribution is -0.113. The molecule has 0 saturated heterocycles. The molecule has 0 aliphatic carbocycles. The van der Waals surface area contributed by atoms with Crippen LogP contribution in [-0.2, 0) is 4.79 Å². The number of aryl methyl sites for hydroxylation is 1. The Bertz CT molecular complexity index is 1000. The fraction of sp³-hybridized carbons (Fsp3) is 0.105. The summed E-state index contributed by atoms with van der Waals surface area (Å²) in [7, 11) is 0. The third kappa shape index (κ3) is 5.24. The van der Waals surface area contributed by atoms with Crippen LogP contribution in [0.5, 0.6) is 0 Å². The monoisotopic (exact) mass is 405 g/mol. The maximum Gasteiger partial charge on any atom is 0.234 e. The first-order valence-corrected chi connectivity index (χ1v) is 9.26. The number of halogens is 3. The molecule has 3 aromatic rings. The third-order valence-electron chi connectivity index (χ3n) is 3.47. The van der Waals surface area contributed by atoms with Crippen molar-refractivity contribution in [2.45, 2.75) is 11.9 Å². The van der Waals surface area contributed by atoms with Crippen LogP contribution in [0.25, 0.3) is 11.4 Å². The van der Waals surface area contributed by atoms with E-state index in [4.69, 9.17) is 11.6 Å². The Morgan fingerprint density at radius 3 is 2.70 bits per heavy atom. The van der Waals surface area contributed by atoms with Gasteiger partial charge in [-0.1, -0.05) is 35.5 Å². The Morgan fingerprint density at radius 2 is 1.96 bits per heavy atom. The van der Waals surface area contributed by atoms with Gasteiger partial charge in [0.05, 0.1) is 11.4 Å². The Balaban J connectivity index is 1.69. The number of aromatic nitrogens is 2. The van der Waals surface area contributed by atoms with Crippen LogP contribution in [0.1, 0.15) is 5.69 Å². The first kappa shape index (κ1) is 19.3. The third-order valence-corrected chi connectivity index (χ3v) is 4.62. The second-order valence-electron chi connectivity index (χ2n) is 5.64. The van der Waals surface area contributed by atoms with Crippen molar-refractivity contribution in [2.75, 3.05) is 11.1 Å². The molecule has 0 fully saturated rings. The number of carbonyl (C=O) groups excluding carboxylic acids is 1. The van der Waals surface area contributed by atoms with Crippen molar-refractivity contribution in [3.63, 3.8) is 0 Å². The summed E-state index contributed by atoms with van der Waals surface area (Å²) in [4.78, 5) is 20.8. The van der Waals surface area contributed by atoms with E-state index in [0.29, 0.717) is 22.1 Å². The second kappa shape index (κ2) is 8.45. The van der Waals surface area contributed by atoms with Gasteiger partial charge in [0, 0.05) is 16.3 Å². The van der Waals surface area contributed by atoms with Crippen molar-refractivity contribution in [1.29, 1.82) is 0 Å². The van der Waals surface area contributed by atoms with Gasteiger partial charge in [-0.2, -0.15) is 0 Å². The summed E-state index contributed by atoms with van der Waals surface area (Å²) < 4.78 is 27.2. The first-order valence-electron chi connectivity index (χ1n) is 7.90. The molecule has 0 bridgehead atoms. The standard InChI is InChI=1S/C19H14ClF2N3OS/c1-11-7-18(25-19(23-11)12-3-2-4-14(21)8-12)27-10-17(26)24-16-6-5-13(20)9-15(16)22/h2-9H,10H2,1H3,(H,24,26). The highest BCUT2D eigenvalue weighted by atomic mass is 35.5. The van der Waals surface area contributed by atoms with Crippen LogP contribution in [0.3, 0.4) is 0 Å². The minimum atomic E-state index is -0.605. The Kier molecular flexibility index (Phi) is 6.03. The molecule has 0 aliphatic heterocycles. The zero-order valence-corrected chi connectivity index (χ0v) is 15.7. The fourth-order valence-corrected chi connectivity index (χ4v) is 3.20. The quantitative estimate of drug-likeness (QED) is 0.473. The van der Waals surface area contributed by atoms with Crippen molar-refractivity contribution >= 4 is 35.0 Å². The van der Waals surface area contributed by atoms with Crippen LogP contribution in [-0.4, -0.2) is 21.6 Å². The summed E-state index contributed by atoms with van der Waals surface area (Å²) in [6.07, 6.45) is 0. The highest BCUT2D eigenvalue weighted by Crippen LogP contribution is 2.23. The van der Waals surface area contributed by atoms with Crippen molar-refractivity contribution in [3.05, 3.63) is 70.9 Å².